The van der Waals surface area contributed by atoms with Gasteiger partial charge < -0.3 is 9.30 Å². The lowest BCUT2D eigenvalue weighted by Gasteiger charge is -2.41. The van der Waals surface area contributed by atoms with E-state index < -0.39 is 0 Å². The number of fused-ring (bicyclic) bond motifs is 1. The zero-order valence-electron chi connectivity index (χ0n) is 11.4. The zero-order valence-corrected chi connectivity index (χ0v) is 12.2. The molecular weight excluding hydrogens is 260 g/mol. The molecule has 0 atom stereocenters. The van der Waals surface area contributed by atoms with Gasteiger partial charge in [0.05, 0.1) is 29.1 Å². The molecule has 1 aromatic heterocycles. The first-order valence-corrected chi connectivity index (χ1v) is 7.28. The molecule has 0 N–H and O–H groups in total. The predicted octanol–water partition coefficient (Wildman–Crippen LogP) is 3.65. The summed E-state index contributed by atoms with van der Waals surface area (Å²) in [5, 5.41) is 0. The third-order valence-electron chi connectivity index (χ3n) is 4.25. The molecule has 1 saturated carbocycles. The van der Waals surface area contributed by atoms with Gasteiger partial charge in [-0.2, -0.15) is 0 Å². The molecule has 0 saturated heterocycles. The van der Waals surface area contributed by atoms with E-state index in [-0.39, 0.29) is 5.60 Å². The van der Waals surface area contributed by atoms with Crippen LogP contribution >= 0.6 is 11.6 Å². The van der Waals surface area contributed by atoms with E-state index in [0.717, 1.165) is 30.7 Å². The van der Waals surface area contributed by atoms with Crippen molar-refractivity contribution in [2.45, 2.75) is 44.2 Å². The van der Waals surface area contributed by atoms with E-state index in [4.69, 9.17) is 16.3 Å². The molecule has 0 aliphatic heterocycles. The molecule has 2 aromatic rings. The number of alkyl halides is 1. The third-order valence-corrected chi connectivity index (χ3v) is 4.49. The van der Waals surface area contributed by atoms with Crippen LogP contribution in [-0.2, 0) is 17.2 Å². The van der Waals surface area contributed by atoms with Crippen LogP contribution < -0.4 is 0 Å². The second-order valence-electron chi connectivity index (χ2n) is 5.48. The quantitative estimate of drug-likeness (QED) is 0.798. The van der Waals surface area contributed by atoms with Gasteiger partial charge in [-0.25, -0.2) is 4.98 Å². The number of aromatic nitrogens is 2. The van der Waals surface area contributed by atoms with Crippen LogP contribution in [0.5, 0.6) is 0 Å². The predicted molar refractivity (Wildman–Crippen MR) is 77.6 cm³/mol. The van der Waals surface area contributed by atoms with Gasteiger partial charge in [-0.05, 0) is 43.9 Å². The summed E-state index contributed by atoms with van der Waals surface area (Å²) in [6.45, 7) is 2.96. The highest BCUT2D eigenvalue weighted by Crippen LogP contribution is 2.37. The van der Waals surface area contributed by atoms with E-state index in [1.54, 1.807) is 0 Å². The van der Waals surface area contributed by atoms with Gasteiger partial charge in [0.15, 0.2) is 0 Å². The Hall–Kier alpha value is -1.06. The smallest absolute Gasteiger partial charge is 0.124 e. The Morgan fingerprint density at radius 2 is 2.21 bits per heavy atom. The number of halogens is 1. The Balaban J connectivity index is 2.07. The van der Waals surface area contributed by atoms with E-state index in [1.165, 1.54) is 17.5 Å². The summed E-state index contributed by atoms with van der Waals surface area (Å²) in [6.07, 6.45) is 3.49. The zero-order chi connectivity index (χ0) is 13.5. The molecule has 3 nitrogen and oxygen atoms in total. The molecule has 19 heavy (non-hydrogen) atoms. The van der Waals surface area contributed by atoms with Gasteiger partial charge in [0.2, 0.25) is 0 Å². The van der Waals surface area contributed by atoms with E-state index >= 15 is 0 Å². The number of methoxy groups -OCH3 is 1. The Morgan fingerprint density at radius 1 is 1.42 bits per heavy atom. The highest BCUT2D eigenvalue weighted by Gasteiger charge is 2.38. The van der Waals surface area contributed by atoms with Crippen LogP contribution in [0.25, 0.3) is 11.0 Å². The molecule has 1 aliphatic carbocycles. The normalized spacial score (nSPS) is 17.6. The maximum atomic E-state index is 6.05. The van der Waals surface area contributed by atoms with Gasteiger partial charge in [0.1, 0.15) is 5.82 Å². The fourth-order valence-corrected chi connectivity index (χ4v) is 3.05. The molecule has 0 spiro atoms. The molecule has 102 valence electrons. The van der Waals surface area contributed by atoms with Crippen molar-refractivity contribution < 1.29 is 4.74 Å². The van der Waals surface area contributed by atoms with Crippen molar-refractivity contribution in [2.24, 2.45) is 0 Å². The molecule has 1 aromatic carbocycles. The molecule has 0 bridgehead atoms. The standard InChI is InChI=1S/C15H19ClN2O/c1-11-4-5-12-13(8-11)18(14(9-16)17-12)10-15(19-2)6-3-7-15/h4-5,8H,3,6-7,9-10H2,1-2H3. The molecule has 1 heterocycles. The minimum absolute atomic E-state index is 0.0157. The van der Waals surface area contributed by atoms with Crippen molar-refractivity contribution >= 4 is 22.6 Å². The lowest BCUT2D eigenvalue weighted by atomic mass is 9.80. The van der Waals surface area contributed by atoms with Crippen LogP contribution in [0.15, 0.2) is 18.2 Å². The molecule has 0 amide bonds. The highest BCUT2D eigenvalue weighted by atomic mass is 35.5. The summed E-state index contributed by atoms with van der Waals surface area (Å²) in [5.74, 6) is 1.37. The Kier molecular flexibility index (Phi) is 3.27. The maximum absolute atomic E-state index is 6.05. The summed E-state index contributed by atoms with van der Waals surface area (Å²) in [5.41, 5.74) is 3.42. The molecular formula is C15H19ClN2O. The number of rotatable bonds is 4. The average molecular weight is 279 g/mol. The number of imidazole rings is 1. The summed E-state index contributed by atoms with van der Waals surface area (Å²) in [6, 6.07) is 6.34. The minimum Gasteiger partial charge on any atom is -0.376 e. The number of ether oxygens (including phenoxy) is 1. The van der Waals surface area contributed by atoms with E-state index in [1.807, 2.05) is 7.11 Å². The van der Waals surface area contributed by atoms with Gasteiger partial charge in [0, 0.05) is 7.11 Å². The van der Waals surface area contributed by atoms with Crippen molar-refractivity contribution in [3.8, 4) is 0 Å². The number of hydrogen-bond acceptors (Lipinski definition) is 2. The van der Waals surface area contributed by atoms with Crippen molar-refractivity contribution in [1.82, 2.24) is 9.55 Å². The van der Waals surface area contributed by atoms with Gasteiger partial charge in [0.25, 0.3) is 0 Å². The first kappa shape index (κ1) is 12.9. The van der Waals surface area contributed by atoms with Crippen molar-refractivity contribution in [1.29, 1.82) is 0 Å². The molecule has 1 aliphatic rings. The van der Waals surface area contributed by atoms with Gasteiger partial charge in [-0.15, -0.1) is 11.6 Å². The summed E-state index contributed by atoms with van der Waals surface area (Å²) in [7, 11) is 1.81. The summed E-state index contributed by atoms with van der Waals surface area (Å²) in [4.78, 5) is 4.62. The van der Waals surface area contributed by atoms with Crippen LogP contribution in [0, 0.1) is 6.92 Å². The molecule has 1 fully saturated rings. The monoisotopic (exact) mass is 278 g/mol. The van der Waals surface area contributed by atoms with Crippen LogP contribution in [0.1, 0.15) is 30.7 Å². The van der Waals surface area contributed by atoms with E-state index in [0.29, 0.717) is 5.88 Å². The van der Waals surface area contributed by atoms with Crippen molar-refractivity contribution in [3.63, 3.8) is 0 Å². The van der Waals surface area contributed by atoms with Gasteiger partial charge in [-0.3, -0.25) is 0 Å². The highest BCUT2D eigenvalue weighted by molar-refractivity contribution is 6.16. The number of aryl methyl sites for hydroxylation is 1. The molecule has 3 rings (SSSR count). The van der Waals surface area contributed by atoms with Crippen LogP contribution in [0.4, 0.5) is 0 Å². The summed E-state index contributed by atoms with van der Waals surface area (Å²) < 4.78 is 7.97. The Bertz CT molecular complexity index is 596. The number of hydrogen-bond donors (Lipinski definition) is 0. The number of nitrogens with zero attached hydrogens (tertiary/aromatic N) is 2. The maximum Gasteiger partial charge on any atom is 0.124 e. The van der Waals surface area contributed by atoms with Crippen LogP contribution in [0.2, 0.25) is 0 Å². The van der Waals surface area contributed by atoms with E-state index in [9.17, 15) is 0 Å². The largest absolute Gasteiger partial charge is 0.376 e. The lowest BCUT2D eigenvalue weighted by Crippen LogP contribution is -2.43. The van der Waals surface area contributed by atoms with E-state index in [2.05, 4.69) is 34.7 Å². The van der Waals surface area contributed by atoms with Gasteiger partial charge in [-0.1, -0.05) is 6.07 Å². The topological polar surface area (TPSA) is 27.1 Å². The summed E-state index contributed by atoms with van der Waals surface area (Å²) >= 11 is 6.05. The second kappa shape index (κ2) is 4.80. The minimum atomic E-state index is -0.0157. The first-order chi connectivity index (χ1) is 9.17. The molecule has 0 radical (unpaired) electrons. The SMILES string of the molecule is COC1(Cn2c(CCl)nc3ccc(C)cc32)CCC1. The Morgan fingerprint density at radius 3 is 2.79 bits per heavy atom. The Labute approximate surface area is 118 Å². The fraction of sp³-hybridized carbons (Fsp3) is 0.533. The lowest BCUT2D eigenvalue weighted by molar-refractivity contribution is -0.0831. The van der Waals surface area contributed by atoms with Crippen LogP contribution in [0.3, 0.4) is 0 Å². The first-order valence-electron chi connectivity index (χ1n) is 6.74. The molecule has 0 unspecified atom stereocenters. The van der Waals surface area contributed by atoms with Crippen LogP contribution in [-0.4, -0.2) is 22.3 Å². The average Bonchev–Trinajstić information content (AvgIpc) is 2.71. The van der Waals surface area contributed by atoms with Crippen molar-refractivity contribution in [3.05, 3.63) is 29.6 Å². The number of benzene rings is 1. The fourth-order valence-electron chi connectivity index (χ4n) is 2.85. The third kappa shape index (κ3) is 2.15. The second-order valence-corrected chi connectivity index (χ2v) is 5.75. The molecule has 4 heteroatoms. The van der Waals surface area contributed by atoms with Gasteiger partial charge >= 0.3 is 0 Å². The van der Waals surface area contributed by atoms with Crippen molar-refractivity contribution in [2.75, 3.05) is 7.11 Å².